The molecule has 0 bridgehead atoms. The average Bonchev–Trinajstić information content (AvgIpc) is 3.59. The molecule has 0 aromatic heterocycles. The summed E-state index contributed by atoms with van der Waals surface area (Å²) in [5.74, 6) is 0.408. The second-order valence-corrected chi connectivity index (χ2v) is 17.1. The van der Waals surface area contributed by atoms with Crippen molar-refractivity contribution >= 4 is 11.9 Å². The standard InChI is InChI=1S/C53H66O12/c1-33(2)51(56)64-31-43(54)29-60-37(7)25-58-39(9)27-62-49-21-19-41(23-35(49)5)53(47-17-13-11-15-45(47)46-16-12-14-18-48(46)53)42-20-22-50(36(6)24-42)63-28-40(10)59-26-38(8)61-30-44(55)32-65-52(57)34(3)4/h11-24,37-40,43-44,54-55H,1,3,25-32H2,2,4-10H3. The number of benzene rings is 4. The molecule has 6 atom stereocenters. The topological polar surface area (TPSA) is 148 Å². The van der Waals surface area contributed by atoms with Gasteiger partial charge < -0.3 is 48.1 Å². The molecule has 1 aliphatic carbocycles. The second-order valence-electron chi connectivity index (χ2n) is 17.1. The van der Waals surface area contributed by atoms with Crippen LogP contribution >= 0.6 is 0 Å². The Morgan fingerprint density at radius 1 is 0.523 bits per heavy atom. The number of aliphatic hydroxyl groups is 2. The van der Waals surface area contributed by atoms with Crippen LogP contribution in [-0.2, 0) is 43.4 Å². The fourth-order valence-electron chi connectivity index (χ4n) is 7.56. The normalized spacial score (nSPS) is 15.4. The van der Waals surface area contributed by atoms with Crippen molar-refractivity contribution in [2.24, 2.45) is 0 Å². The van der Waals surface area contributed by atoms with Crippen LogP contribution in [0.25, 0.3) is 11.1 Å². The van der Waals surface area contributed by atoms with E-state index in [0.717, 1.165) is 33.8 Å². The van der Waals surface area contributed by atoms with Gasteiger partial charge in [0.25, 0.3) is 0 Å². The summed E-state index contributed by atoms with van der Waals surface area (Å²) in [6.45, 7) is 22.7. The Hall–Kier alpha value is -5.34. The van der Waals surface area contributed by atoms with E-state index in [1.807, 2.05) is 39.8 Å². The van der Waals surface area contributed by atoms with Crippen molar-refractivity contribution in [2.45, 2.75) is 97.4 Å². The van der Waals surface area contributed by atoms with Gasteiger partial charge in [0.15, 0.2) is 0 Å². The van der Waals surface area contributed by atoms with Crippen LogP contribution in [0.5, 0.6) is 11.5 Å². The zero-order valence-corrected chi connectivity index (χ0v) is 39.1. The molecule has 350 valence electrons. The van der Waals surface area contributed by atoms with Crippen LogP contribution in [0.3, 0.4) is 0 Å². The molecule has 4 aromatic carbocycles. The molecular formula is C53H66O12. The average molecular weight is 895 g/mol. The van der Waals surface area contributed by atoms with E-state index in [2.05, 4.69) is 99.8 Å². The monoisotopic (exact) mass is 894 g/mol. The lowest BCUT2D eigenvalue weighted by molar-refractivity contribution is -0.144. The highest BCUT2D eigenvalue weighted by molar-refractivity contribution is 5.88. The molecule has 0 heterocycles. The fraction of sp³-hybridized carbons (Fsp3) is 0.434. The third-order valence-corrected chi connectivity index (χ3v) is 11.0. The van der Waals surface area contributed by atoms with Gasteiger partial charge in [-0.25, -0.2) is 9.59 Å². The maximum absolute atomic E-state index is 11.6. The van der Waals surface area contributed by atoms with E-state index in [9.17, 15) is 19.8 Å². The number of rotatable bonds is 26. The van der Waals surface area contributed by atoms with E-state index in [0.29, 0.717) is 26.4 Å². The van der Waals surface area contributed by atoms with Gasteiger partial charge >= 0.3 is 11.9 Å². The molecule has 12 heteroatoms. The highest BCUT2D eigenvalue weighted by Crippen LogP contribution is 2.56. The van der Waals surface area contributed by atoms with Crippen LogP contribution in [0.1, 0.15) is 74.9 Å². The fourth-order valence-corrected chi connectivity index (χ4v) is 7.56. The molecule has 0 saturated heterocycles. The number of hydrogen-bond acceptors (Lipinski definition) is 12. The number of aryl methyl sites for hydroxylation is 2. The Bertz CT molecular complexity index is 2090. The molecule has 12 nitrogen and oxygen atoms in total. The van der Waals surface area contributed by atoms with Gasteiger partial charge in [0, 0.05) is 11.1 Å². The lowest BCUT2D eigenvalue weighted by Gasteiger charge is -2.35. The van der Waals surface area contributed by atoms with Gasteiger partial charge in [-0.3, -0.25) is 0 Å². The summed E-state index contributed by atoms with van der Waals surface area (Å²) in [4.78, 5) is 23.2. The minimum Gasteiger partial charge on any atom is -0.491 e. The van der Waals surface area contributed by atoms with Crippen LogP contribution in [-0.4, -0.2) is 112 Å². The largest absolute Gasteiger partial charge is 0.491 e. The summed E-state index contributed by atoms with van der Waals surface area (Å²) in [5.41, 5.74) is 8.87. The number of carbonyl (C=O) groups excluding carboxylic acids is 2. The number of aliphatic hydroxyl groups excluding tert-OH is 2. The third-order valence-electron chi connectivity index (χ3n) is 11.0. The minimum atomic E-state index is -0.956. The second kappa shape index (κ2) is 23.7. The molecule has 65 heavy (non-hydrogen) atoms. The van der Waals surface area contributed by atoms with E-state index in [1.54, 1.807) is 13.8 Å². The molecule has 0 spiro atoms. The quantitative estimate of drug-likeness (QED) is 0.0409. The zero-order valence-electron chi connectivity index (χ0n) is 39.1. The summed E-state index contributed by atoms with van der Waals surface area (Å²) in [7, 11) is 0. The third kappa shape index (κ3) is 13.4. The predicted octanol–water partition coefficient (Wildman–Crippen LogP) is 8.00. The summed E-state index contributed by atoms with van der Waals surface area (Å²) < 4.78 is 46.1. The van der Waals surface area contributed by atoms with Gasteiger partial charge in [0.1, 0.15) is 50.1 Å². The highest BCUT2D eigenvalue weighted by atomic mass is 16.6. The minimum absolute atomic E-state index is 0.000187. The molecule has 4 aromatic rings. The smallest absolute Gasteiger partial charge is 0.333 e. The predicted molar refractivity (Wildman–Crippen MR) is 249 cm³/mol. The maximum Gasteiger partial charge on any atom is 0.333 e. The number of fused-ring (bicyclic) bond motifs is 3. The maximum atomic E-state index is 11.6. The Morgan fingerprint density at radius 3 is 1.25 bits per heavy atom. The van der Waals surface area contributed by atoms with E-state index >= 15 is 0 Å². The molecule has 0 saturated carbocycles. The molecule has 5 rings (SSSR count). The van der Waals surface area contributed by atoms with Crippen molar-refractivity contribution < 1.29 is 57.7 Å². The number of ether oxygens (including phenoxy) is 8. The number of carbonyl (C=O) groups is 2. The molecule has 0 radical (unpaired) electrons. The summed E-state index contributed by atoms with van der Waals surface area (Å²) >= 11 is 0. The Morgan fingerprint density at radius 2 is 0.877 bits per heavy atom. The van der Waals surface area contributed by atoms with Crippen molar-refractivity contribution in [1.29, 1.82) is 0 Å². The van der Waals surface area contributed by atoms with Crippen LogP contribution in [0.2, 0.25) is 0 Å². The van der Waals surface area contributed by atoms with Crippen LogP contribution in [0.15, 0.2) is 109 Å². The van der Waals surface area contributed by atoms with E-state index in [-0.39, 0.29) is 62.0 Å². The first-order valence-electron chi connectivity index (χ1n) is 22.2. The highest BCUT2D eigenvalue weighted by Gasteiger charge is 2.46. The molecule has 0 aliphatic heterocycles. The van der Waals surface area contributed by atoms with Gasteiger partial charge in [-0.15, -0.1) is 0 Å². The molecule has 2 N–H and O–H groups in total. The van der Waals surface area contributed by atoms with Gasteiger partial charge in [0.05, 0.1) is 56.3 Å². The summed E-state index contributed by atoms with van der Waals surface area (Å²) in [5, 5.41) is 20.3. The summed E-state index contributed by atoms with van der Waals surface area (Å²) in [6, 6.07) is 30.0. The van der Waals surface area contributed by atoms with Crippen molar-refractivity contribution in [3.63, 3.8) is 0 Å². The first-order valence-corrected chi connectivity index (χ1v) is 22.2. The van der Waals surface area contributed by atoms with Gasteiger partial charge in [-0.2, -0.15) is 0 Å². The van der Waals surface area contributed by atoms with Crippen LogP contribution in [0, 0.1) is 13.8 Å². The first kappa shape index (κ1) is 50.7. The Kier molecular flexibility index (Phi) is 18.5. The number of hydrogen-bond donors (Lipinski definition) is 2. The van der Waals surface area contributed by atoms with Crippen molar-refractivity contribution in [3.05, 3.63) is 143 Å². The van der Waals surface area contributed by atoms with Crippen molar-refractivity contribution in [1.82, 2.24) is 0 Å². The molecule has 6 unspecified atom stereocenters. The van der Waals surface area contributed by atoms with Gasteiger partial charge in [-0.05, 0) is 112 Å². The lowest BCUT2D eigenvalue weighted by Crippen LogP contribution is -2.30. The van der Waals surface area contributed by atoms with Crippen molar-refractivity contribution in [2.75, 3.05) is 52.9 Å². The summed E-state index contributed by atoms with van der Waals surface area (Å²) in [6.07, 6.45) is -3.00. The van der Waals surface area contributed by atoms with Crippen LogP contribution in [0.4, 0.5) is 0 Å². The lowest BCUT2D eigenvalue weighted by atomic mass is 9.67. The van der Waals surface area contributed by atoms with Crippen molar-refractivity contribution in [3.8, 4) is 22.6 Å². The Balaban J connectivity index is 1.24. The number of esters is 2. The first-order chi connectivity index (χ1) is 31.0. The molecule has 0 amide bonds. The molecule has 0 fully saturated rings. The van der Waals surface area contributed by atoms with Gasteiger partial charge in [0.2, 0.25) is 0 Å². The Labute approximate surface area is 384 Å². The molecular weight excluding hydrogens is 829 g/mol. The van der Waals surface area contributed by atoms with E-state index in [4.69, 9.17) is 37.9 Å². The van der Waals surface area contributed by atoms with E-state index < -0.39 is 29.6 Å². The SMILES string of the molecule is C=C(C)C(=O)OCC(O)COC(C)COC(C)COc1ccc(C2(c3ccc(OCC(C)OCC(C)OCC(O)COC(=O)C(=C)C)c(C)c3)c3ccccc3-c3ccccc32)cc1C. The molecule has 1 aliphatic rings. The van der Waals surface area contributed by atoms with Crippen LogP contribution < -0.4 is 9.47 Å². The van der Waals surface area contributed by atoms with E-state index in [1.165, 1.54) is 22.3 Å². The zero-order chi connectivity index (χ0) is 47.3. The van der Waals surface area contributed by atoms with Gasteiger partial charge in [-0.1, -0.05) is 86.0 Å².